The monoisotopic (exact) mass is 295 g/mol. The smallest absolute Gasteiger partial charge is 0.338 e. The van der Waals surface area contributed by atoms with Gasteiger partial charge in [0.2, 0.25) is 6.04 Å². The molecule has 7 nitrogen and oxygen atoms in total. The Kier molecular flexibility index (Phi) is 4.91. The summed E-state index contributed by atoms with van der Waals surface area (Å²) >= 11 is 0. The van der Waals surface area contributed by atoms with Gasteiger partial charge in [-0.3, -0.25) is 0 Å². The van der Waals surface area contributed by atoms with Gasteiger partial charge in [0.1, 0.15) is 5.60 Å². The van der Waals surface area contributed by atoms with Crippen LogP contribution in [0.5, 0.6) is 0 Å². The Bertz CT molecular complexity index is 530. The standard InChI is InChI=1S/C14H17NO6/c1-14(2,3)21-13(20)8-4-6-9(7-5-8)15-10(11(16)17)12(18)19/h4-7,10,15H,1-3H3,(H,16,17)(H,18,19). The molecular formula is C14H17NO6. The minimum absolute atomic E-state index is 0.275. The van der Waals surface area contributed by atoms with Crippen LogP contribution in [-0.2, 0) is 14.3 Å². The molecule has 0 saturated heterocycles. The lowest BCUT2D eigenvalue weighted by atomic mass is 10.1. The first kappa shape index (κ1) is 16.5. The van der Waals surface area contributed by atoms with Gasteiger partial charge in [-0.15, -0.1) is 0 Å². The zero-order valence-electron chi connectivity index (χ0n) is 11.9. The lowest BCUT2D eigenvalue weighted by Crippen LogP contribution is -2.37. The van der Waals surface area contributed by atoms with E-state index in [0.29, 0.717) is 0 Å². The van der Waals surface area contributed by atoms with E-state index in [-0.39, 0.29) is 11.3 Å². The molecule has 0 fully saturated rings. The van der Waals surface area contributed by atoms with Crippen LogP contribution in [0.3, 0.4) is 0 Å². The zero-order valence-corrected chi connectivity index (χ0v) is 11.9. The Labute approximate surface area is 121 Å². The van der Waals surface area contributed by atoms with E-state index in [2.05, 4.69) is 5.32 Å². The van der Waals surface area contributed by atoms with Crippen LogP contribution in [0.4, 0.5) is 5.69 Å². The zero-order chi connectivity index (χ0) is 16.2. The summed E-state index contributed by atoms with van der Waals surface area (Å²) in [6.07, 6.45) is 0. The number of hydrogen-bond donors (Lipinski definition) is 3. The lowest BCUT2D eigenvalue weighted by Gasteiger charge is -2.19. The van der Waals surface area contributed by atoms with Gasteiger partial charge < -0.3 is 20.3 Å². The molecule has 1 aromatic rings. The van der Waals surface area contributed by atoms with Gasteiger partial charge in [-0.25, -0.2) is 14.4 Å². The second-order valence-corrected chi connectivity index (χ2v) is 5.33. The molecule has 0 aliphatic carbocycles. The van der Waals surface area contributed by atoms with Crippen LogP contribution in [0.2, 0.25) is 0 Å². The van der Waals surface area contributed by atoms with Crippen LogP contribution in [0.15, 0.2) is 24.3 Å². The number of ether oxygens (including phenoxy) is 1. The number of carbonyl (C=O) groups is 3. The van der Waals surface area contributed by atoms with E-state index in [0.717, 1.165) is 0 Å². The quantitative estimate of drug-likeness (QED) is 0.558. The molecule has 114 valence electrons. The molecule has 1 rings (SSSR count). The van der Waals surface area contributed by atoms with Crippen LogP contribution in [-0.4, -0.2) is 39.8 Å². The van der Waals surface area contributed by atoms with E-state index >= 15 is 0 Å². The first-order valence-corrected chi connectivity index (χ1v) is 6.16. The largest absolute Gasteiger partial charge is 0.479 e. The van der Waals surface area contributed by atoms with Gasteiger partial charge in [-0.05, 0) is 45.0 Å². The Hall–Kier alpha value is -2.57. The highest BCUT2D eigenvalue weighted by atomic mass is 16.6. The predicted octanol–water partition coefficient (Wildman–Crippen LogP) is 1.59. The average Bonchev–Trinajstić information content (AvgIpc) is 2.33. The molecule has 0 aromatic heterocycles. The SMILES string of the molecule is CC(C)(C)OC(=O)c1ccc(NC(C(=O)O)C(=O)O)cc1. The predicted molar refractivity (Wildman–Crippen MR) is 74.3 cm³/mol. The normalized spacial score (nSPS) is 11.0. The van der Waals surface area contributed by atoms with Gasteiger partial charge in [-0.1, -0.05) is 0 Å². The van der Waals surface area contributed by atoms with Crippen molar-refractivity contribution in [1.82, 2.24) is 0 Å². The van der Waals surface area contributed by atoms with Gasteiger partial charge in [0, 0.05) is 5.69 Å². The lowest BCUT2D eigenvalue weighted by molar-refractivity contribution is -0.148. The van der Waals surface area contributed by atoms with E-state index in [9.17, 15) is 14.4 Å². The van der Waals surface area contributed by atoms with Crippen LogP contribution in [0.25, 0.3) is 0 Å². The molecule has 0 saturated carbocycles. The highest BCUT2D eigenvalue weighted by molar-refractivity contribution is 6.00. The summed E-state index contributed by atoms with van der Waals surface area (Å²) in [7, 11) is 0. The fourth-order valence-corrected chi connectivity index (χ4v) is 1.44. The molecule has 0 aliphatic rings. The van der Waals surface area contributed by atoms with Gasteiger partial charge in [0.15, 0.2) is 0 Å². The van der Waals surface area contributed by atoms with Crippen LogP contribution >= 0.6 is 0 Å². The van der Waals surface area contributed by atoms with Crippen molar-refractivity contribution in [3.05, 3.63) is 29.8 Å². The molecule has 0 atom stereocenters. The van der Waals surface area contributed by atoms with Crippen molar-refractivity contribution in [1.29, 1.82) is 0 Å². The third-order valence-corrected chi connectivity index (χ3v) is 2.32. The van der Waals surface area contributed by atoms with Gasteiger partial charge in [-0.2, -0.15) is 0 Å². The van der Waals surface area contributed by atoms with Crippen LogP contribution < -0.4 is 5.32 Å². The van der Waals surface area contributed by atoms with Gasteiger partial charge in [0.05, 0.1) is 5.56 Å². The summed E-state index contributed by atoms with van der Waals surface area (Å²) < 4.78 is 5.17. The number of carbonyl (C=O) groups excluding carboxylic acids is 1. The second kappa shape index (κ2) is 6.25. The number of carboxylic acid groups (broad SMARTS) is 2. The van der Waals surface area contributed by atoms with Crippen LogP contribution in [0, 0.1) is 0 Å². The third-order valence-electron chi connectivity index (χ3n) is 2.32. The van der Waals surface area contributed by atoms with E-state index < -0.39 is 29.6 Å². The number of anilines is 1. The Morgan fingerprint density at radius 3 is 1.90 bits per heavy atom. The van der Waals surface area contributed by atoms with E-state index in [1.165, 1.54) is 24.3 Å². The molecule has 21 heavy (non-hydrogen) atoms. The Morgan fingerprint density at radius 2 is 1.52 bits per heavy atom. The molecule has 0 amide bonds. The Morgan fingerprint density at radius 1 is 1.05 bits per heavy atom. The summed E-state index contributed by atoms with van der Waals surface area (Å²) in [5.74, 6) is -3.51. The summed E-state index contributed by atoms with van der Waals surface area (Å²) in [5, 5.41) is 19.9. The maximum Gasteiger partial charge on any atom is 0.338 e. The molecule has 0 aliphatic heterocycles. The highest BCUT2D eigenvalue weighted by Gasteiger charge is 2.25. The van der Waals surface area contributed by atoms with Gasteiger partial charge >= 0.3 is 17.9 Å². The summed E-state index contributed by atoms with van der Waals surface area (Å²) in [6.45, 7) is 5.22. The van der Waals surface area contributed by atoms with Crippen LogP contribution in [0.1, 0.15) is 31.1 Å². The second-order valence-electron chi connectivity index (χ2n) is 5.33. The first-order valence-electron chi connectivity index (χ1n) is 6.16. The summed E-state index contributed by atoms with van der Waals surface area (Å²) in [6, 6.07) is 3.93. The summed E-state index contributed by atoms with van der Waals surface area (Å²) in [5.41, 5.74) is -0.0547. The van der Waals surface area contributed by atoms with Crippen molar-refractivity contribution >= 4 is 23.6 Å². The van der Waals surface area contributed by atoms with Crippen molar-refractivity contribution in [2.24, 2.45) is 0 Å². The molecule has 7 heteroatoms. The number of esters is 1. The maximum atomic E-state index is 11.8. The number of carboxylic acids is 2. The van der Waals surface area contributed by atoms with E-state index in [1.54, 1.807) is 20.8 Å². The molecule has 0 radical (unpaired) electrons. The topological polar surface area (TPSA) is 113 Å². The molecule has 0 heterocycles. The average molecular weight is 295 g/mol. The van der Waals surface area contributed by atoms with Crippen molar-refractivity contribution in [2.75, 3.05) is 5.32 Å². The molecule has 1 aromatic carbocycles. The molecular weight excluding hydrogens is 278 g/mol. The van der Waals surface area contributed by atoms with E-state index in [4.69, 9.17) is 14.9 Å². The number of hydrogen-bond acceptors (Lipinski definition) is 5. The minimum Gasteiger partial charge on any atom is -0.479 e. The van der Waals surface area contributed by atoms with E-state index in [1.807, 2.05) is 0 Å². The molecule has 3 N–H and O–H groups in total. The third kappa shape index (κ3) is 5.13. The molecule has 0 unspecified atom stereocenters. The number of nitrogens with one attached hydrogen (secondary N) is 1. The minimum atomic E-state index is -1.75. The highest BCUT2D eigenvalue weighted by Crippen LogP contribution is 2.15. The number of rotatable bonds is 5. The summed E-state index contributed by atoms with van der Waals surface area (Å²) in [4.78, 5) is 33.3. The number of aliphatic carboxylic acids is 2. The van der Waals surface area contributed by atoms with Crippen molar-refractivity contribution < 1.29 is 29.3 Å². The van der Waals surface area contributed by atoms with Crippen molar-refractivity contribution in [3.8, 4) is 0 Å². The Balaban J connectivity index is 2.81. The first-order chi connectivity index (χ1) is 9.60. The fourth-order valence-electron chi connectivity index (χ4n) is 1.44. The van der Waals surface area contributed by atoms with Crippen molar-refractivity contribution in [2.45, 2.75) is 32.4 Å². The van der Waals surface area contributed by atoms with Gasteiger partial charge in [0.25, 0.3) is 0 Å². The molecule has 0 bridgehead atoms. The molecule has 0 spiro atoms. The maximum absolute atomic E-state index is 11.8. The number of benzene rings is 1. The van der Waals surface area contributed by atoms with Crippen molar-refractivity contribution in [3.63, 3.8) is 0 Å². The fraction of sp³-hybridized carbons (Fsp3) is 0.357.